The van der Waals surface area contributed by atoms with Crippen molar-refractivity contribution in [1.29, 1.82) is 0 Å². The van der Waals surface area contributed by atoms with Crippen LogP contribution >= 0.6 is 11.3 Å². The molecule has 3 nitrogen and oxygen atoms in total. The van der Waals surface area contributed by atoms with Gasteiger partial charge < -0.3 is 4.74 Å². The molecule has 0 bridgehead atoms. The minimum Gasteiger partial charge on any atom is -0.465 e. The molecule has 0 radical (unpaired) electrons. The third kappa shape index (κ3) is 1.40. The van der Waals surface area contributed by atoms with Crippen molar-refractivity contribution in [3.8, 4) is 0 Å². The molecule has 60 valence electrons. The summed E-state index contributed by atoms with van der Waals surface area (Å²) in [5.41, 5.74) is 2.82. The quantitative estimate of drug-likeness (QED) is 0.460. The number of methoxy groups -OCH3 is 1. The maximum Gasteiger partial charge on any atom is 0.354 e. The van der Waals surface area contributed by atoms with Gasteiger partial charge in [0.25, 0.3) is 0 Å². The topological polar surface area (TPSA) is 30.2 Å². The molecular weight excluding hydrogens is 162 g/mol. The van der Waals surface area contributed by atoms with Gasteiger partial charge in [0.05, 0.1) is 7.11 Å². The first kappa shape index (κ1) is 8.20. The van der Waals surface area contributed by atoms with Crippen LogP contribution < -0.4 is 4.57 Å². The maximum atomic E-state index is 11.0. The van der Waals surface area contributed by atoms with Crippen LogP contribution in [-0.2, 0) is 11.8 Å². The van der Waals surface area contributed by atoms with Crippen molar-refractivity contribution in [2.45, 2.75) is 6.92 Å². The van der Waals surface area contributed by atoms with Crippen LogP contribution in [0.2, 0.25) is 0 Å². The Morgan fingerprint density at radius 3 is 2.73 bits per heavy atom. The number of thiazole rings is 1. The van der Waals surface area contributed by atoms with Gasteiger partial charge in [0.15, 0.2) is 4.88 Å². The molecular formula is C7H10NO2S+. The summed E-state index contributed by atoms with van der Waals surface area (Å²) in [5.74, 6) is -0.256. The molecule has 0 atom stereocenters. The molecule has 1 aromatic rings. The van der Waals surface area contributed by atoms with Crippen LogP contribution in [0.5, 0.6) is 0 Å². The van der Waals surface area contributed by atoms with E-state index in [1.807, 2.05) is 24.0 Å². The lowest BCUT2D eigenvalue weighted by Gasteiger charge is -1.91. The number of nitrogens with zero attached hydrogens (tertiary/aromatic N) is 1. The van der Waals surface area contributed by atoms with Gasteiger partial charge in [0.2, 0.25) is 11.2 Å². The number of carbonyl (C=O) groups is 1. The highest BCUT2D eigenvalue weighted by atomic mass is 32.1. The fourth-order valence-electron chi connectivity index (χ4n) is 0.745. The van der Waals surface area contributed by atoms with E-state index >= 15 is 0 Å². The van der Waals surface area contributed by atoms with E-state index in [-0.39, 0.29) is 5.97 Å². The van der Waals surface area contributed by atoms with Gasteiger partial charge in [-0.15, -0.1) is 0 Å². The molecule has 11 heavy (non-hydrogen) atoms. The summed E-state index contributed by atoms with van der Waals surface area (Å²) >= 11 is 1.40. The Kier molecular flexibility index (Phi) is 2.24. The summed E-state index contributed by atoms with van der Waals surface area (Å²) < 4.78 is 6.49. The number of esters is 1. The summed E-state index contributed by atoms with van der Waals surface area (Å²) in [6, 6.07) is 0. The van der Waals surface area contributed by atoms with E-state index in [1.54, 1.807) is 0 Å². The third-order valence-corrected chi connectivity index (χ3v) is 2.68. The number of aromatic nitrogens is 1. The molecule has 4 heteroatoms. The van der Waals surface area contributed by atoms with Crippen molar-refractivity contribution in [1.82, 2.24) is 0 Å². The van der Waals surface area contributed by atoms with Gasteiger partial charge in [-0.05, 0) is 0 Å². The molecule has 0 fully saturated rings. The molecule has 0 unspecified atom stereocenters. The lowest BCUT2D eigenvalue weighted by atomic mass is 10.4. The SMILES string of the molecule is COC(=O)c1sc[n+](C)c1C. The summed E-state index contributed by atoms with van der Waals surface area (Å²) in [6.45, 7) is 1.89. The van der Waals surface area contributed by atoms with Gasteiger partial charge in [-0.1, -0.05) is 11.3 Å². The first-order chi connectivity index (χ1) is 5.16. The second-order valence-corrected chi connectivity index (χ2v) is 3.10. The first-order valence-corrected chi connectivity index (χ1v) is 4.06. The van der Waals surface area contributed by atoms with E-state index in [1.165, 1.54) is 18.4 Å². The number of aryl methyl sites for hydroxylation is 1. The van der Waals surface area contributed by atoms with Crippen molar-refractivity contribution < 1.29 is 14.1 Å². The van der Waals surface area contributed by atoms with Gasteiger partial charge in [-0.3, -0.25) is 0 Å². The average Bonchev–Trinajstić information content (AvgIpc) is 2.32. The Morgan fingerprint density at radius 1 is 1.73 bits per heavy atom. The number of hydrogen-bond donors (Lipinski definition) is 0. The molecule has 0 aliphatic rings. The molecule has 0 aliphatic carbocycles. The van der Waals surface area contributed by atoms with E-state index in [0.29, 0.717) is 4.88 Å². The highest BCUT2D eigenvalue weighted by molar-refractivity contribution is 7.11. The summed E-state index contributed by atoms with van der Waals surface area (Å²) in [6.07, 6.45) is 0. The van der Waals surface area contributed by atoms with Crippen molar-refractivity contribution >= 4 is 17.3 Å². The number of carbonyl (C=O) groups excluding carboxylic acids is 1. The zero-order valence-electron chi connectivity index (χ0n) is 6.75. The Labute approximate surface area is 69.2 Å². The predicted molar refractivity (Wildman–Crippen MR) is 41.6 cm³/mol. The number of rotatable bonds is 1. The van der Waals surface area contributed by atoms with Crippen LogP contribution in [-0.4, -0.2) is 13.1 Å². The number of hydrogen-bond acceptors (Lipinski definition) is 3. The predicted octanol–water partition coefficient (Wildman–Crippen LogP) is 0.668. The van der Waals surface area contributed by atoms with Gasteiger partial charge >= 0.3 is 5.97 Å². The molecule has 0 saturated heterocycles. The maximum absolute atomic E-state index is 11.0. The largest absolute Gasteiger partial charge is 0.465 e. The van der Waals surface area contributed by atoms with Crippen molar-refractivity contribution in [3.63, 3.8) is 0 Å². The van der Waals surface area contributed by atoms with Crippen LogP contribution in [0.3, 0.4) is 0 Å². The third-order valence-electron chi connectivity index (χ3n) is 1.56. The minimum absolute atomic E-state index is 0.256. The summed E-state index contributed by atoms with van der Waals surface area (Å²) in [4.78, 5) is 11.7. The number of ether oxygens (including phenoxy) is 1. The van der Waals surface area contributed by atoms with E-state index in [2.05, 4.69) is 4.74 Å². The smallest absolute Gasteiger partial charge is 0.354 e. The summed E-state index contributed by atoms with van der Waals surface area (Å²) in [7, 11) is 3.29. The molecule has 0 aromatic carbocycles. The summed E-state index contributed by atoms with van der Waals surface area (Å²) in [5, 5.41) is 0. The van der Waals surface area contributed by atoms with Gasteiger partial charge in [-0.25, -0.2) is 4.79 Å². The Balaban J connectivity index is 3.04. The van der Waals surface area contributed by atoms with E-state index < -0.39 is 0 Å². The molecule has 0 saturated carbocycles. The highest BCUT2D eigenvalue weighted by Gasteiger charge is 2.18. The van der Waals surface area contributed by atoms with Gasteiger partial charge in [0, 0.05) is 6.92 Å². The Bertz CT molecular complexity index is 280. The normalized spacial score (nSPS) is 9.73. The Hall–Kier alpha value is -0.900. The van der Waals surface area contributed by atoms with E-state index in [0.717, 1.165) is 5.69 Å². The zero-order chi connectivity index (χ0) is 8.43. The van der Waals surface area contributed by atoms with Crippen molar-refractivity contribution in [2.75, 3.05) is 7.11 Å². The van der Waals surface area contributed by atoms with E-state index in [4.69, 9.17) is 0 Å². The molecule has 1 heterocycles. The second-order valence-electron chi connectivity index (χ2n) is 2.24. The standard InChI is InChI=1S/C7H10NO2S/c1-5-6(7(9)10-3)11-4-8(5)2/h4H,1-3H3/q+1. The first-order valence-electron chi connectivity index (χ1n) is 3.19. The van der Waals surface area contributed by atoms with E-state index in [9.17, 15) is 4.79 Å². The van der Waals surface area contributed by atoms with Crippen LogP contribution in [0.15, 0.2) is 5.51 Å². The van der Waals surface area contributed by atoms with Gasteiger partial charge in [-0.2, -0.15) is 4.57 Å². The average molecular weight is 172 g/mol. The minimum atomic E-state index is -0.256. The van der Waals surface area contributed by atoms with Crippen LogP contribution in [0.1, 0.15) is 15.4 Å². The molecule has 0 spiro atoms. The molecule has 0 aliphatic heterocycles. The second kappa shape index (κ2) is 3.00. The molecule has 1 aromatic heterocycles. The Morgan fingerprint density at radius 2 is 2.36 bits per heavy atom. The highest BCUT2D eigenvalue weighted by Crippen LogP contribution is 2.10. The molecule has 1 rings (SSSR count). The van der Waals surface area contributed by atoms with Crippen LogP contribution in [0.4, 0.5) is 0 Å². The van der Waals surface area contributed by atoms with Gasteiger partial charge in [0.1, 0.15) is 7.05 Å². The van der Waals surface area contributed by atoms with Crippen molar-refractivity contribution in [2.24, 2.45) is 7.05 Å². The molecule has 0 amide bonds. The van der Waals surface area contributed by atoms with Crippen LogP contribution in [0.25, 0.3) is 0 Å². The fourth-order valence-corrected chi connectivity index (χ4v) is 1.66. The van der Waals surface area contributed by atoms with Crippen molar-refractivity contribution in [3.05, 3.63) is 16.1 Å². The lowest BCUT2D eigenvalue weighted by Crippen LogP contribution is -2.28. The molecule has 0 N–H and O–H groups in total. The van der Waals surface area contributed by atoms with Crippen LogP contribution in [0, 0.1) is 6.92 Å². The monoisotopic (exact) mass is 172 g/mol. The lowest BCUT2D eigenvalue weighted by molar-refractivity contribution is -0.672. The fraction of sp³-hybridized carbons (Fsp3) is 0.429. The zero-order valence-corrected chi connectivity index (χ0v) is 7.57.